The van der Waals surface area contributed by atoms with Crippen LogP contribution in [-0.2, 0) is 0 Å². The Morgan fingerprint density at radius 1 is 1.14 bits per heavy atom. The van der Waals surface area contributed by atoms with Gasteiger partial charge in [0, 0.05) is 24.3 Å². The van der Waals surface area contributed by atoms with Gasteiger partial charge < -0.3 is 25.4 Å². The highest BCUT2D eigenvalue weighted by Gasteiger charge is 2.44. The van der Waals surface area contributed by atoms with Gasteiger partial charge in [0.05, 0.1) is 19.3 Å². The topological polar surface area (TPSA) is 138 Å². The maximum absolute atomic E-state index is 10.7. The summed E-state index contributed by atoms with van der Waals surface area (Å²) in [4.78, 5) is 9.48. The molecule has 3 aromatic rings. The van der Waals surface area contributed by atoms with Gasteiger partial charge >= 0.3 is 0 Å². The van der Waals surface area contributed by atoms with Gasteiger partial charge in [-0.15, -0.1) is 5.10 Å². The highest BCUT2D eigenvalue weighted by atomic mass is 32.2. The van der Waals surface area contributed by atoms with Gasteiger partial charge in [-0.3, -0.25) is 0 Å². The van der Waals surface area contributed by atoms with Crippen molar-refractivity contribution >= 4 is 28.7 Å². The third kappa shape index (κ3) is 4.82. The summed E-state index contributed by atoms with van der Waals surface area (Å²) in [5.74, 6) is 2.53. The van der Waals surface area contributed by atoms with Crippen molar-refractivity contribution in [3.63, 3.8) is 0 Å². The molecule has 2 aliphatic carbocycles. The molecule has 4 N–H and O–H groups in total. The van der Waals surface area contributed by atoms with E-state index in [2.05, 4.69) is 34.7 Å². The normalized spacial score (nSPS) is 27.9. The first kappa shape index (κ1) is 24.2. The van der Waals surface area contributed by atoms with Crippen LogP contribution >= 0.6 is 11.8 Å². The smallest absolute Gasteiger partial charge is 0.191 e. The molecule has 2 aromatic heterocycles. The van der Waals surface area contributed by atoms with Gasteiger partial charge in [-0.25, -0.2) is 14.6 Å². The van der Waals surface area contributed by atoms with Crippen LogP contribution in [0.2, 0.25) is 0 Å². The van der Waals surface area contributed by atoms with Crippen molar-refractivity contribution < 1.29 is 20.1 Å². The van der Waals surface area contributed by atoms with Crippen LogP contribution in [0, 0.1) is 5.92 Å². The van der Waals surface area contributed by atoms with Crippen molar-refractivity contribution in [2.75, 3.05) is 24.8 Å². The average molecular weight is 501 g/mol. The Hall–Kier alpha value is -2.47. The number of benzene rings is 1. The molecule has 2 saturated carbocycles. The van der Waals surface area contributed by atoms with E-state index in [1.807, 2.05) is 12.1 Å². The molecule has 0 radical (unpaired) electrons. The van der Waals surface area contributed by atoms with Crippen LogP contribution in [0.15, 0.2) is 29.4 Å². The lowest BCUT2D eigenvalue weighted by atomic mass is 10.0. The van der Waals surface area contributed by atoms with Crippen LogP contribution in [0.5, 0.6) is 5.75 Å². The summed E-state index contributed by atoms with van der Waals surface area (Å²) in [6, 6.07) is 7.90. The molecule has 0 aliphatic heterocycles. The second-order valence-electron chi connectivity index (χ2n) is 9.33. The number of thioether (sulfide) groups is 1. The molecule has 2 fully saturated rings. The first-order valence-electron chi connectivity index (χ1n) is 12.2. The van der Waals surface area contributed by atoms with Crippen LogP contribution in [0.3, 0.4) is 0 Å². The summed E-state index contributed by atoms with van der Waals surface area (Å²) in [7, 11) is 1.66. The van der Waals surface area contributed by atoms with Gasteiger partial charge in [-0.2, -0.15) is 0 Å². The predicted molar refractivity (Wildman–Crippen MR) is 133 cm³/mol. The van der Waals surface area contributed by atoms with Crippen LogP contribution < -0.4 is 10.1 Å². The number of anilines is 1. The van der Waals surface area contributed by atoms with Gasteiger partial charge in [-0.05, 0) is 49.3 Å². The maximum Gasteiger partial charge on any atom is 0.191 e. The fourth-order valence-electron chi connectivity index (χ4n) is 4.94. The molecule has 6 atom stereocenters. The molecule has 188 valence electrons. The quantitative estimate of drug-likeness (QED) is 0.242. The second kappa shape index (κ2) is 10.3. The minimum Gasteiger partial charge on any atom is -0.497 e. The zero-order valence-electron chi connectivity index (χ0n) is 19.9. The molecule has 1 aromatic carbocycles. The van der Waals surface area contributed by atoms with Crippen molar-refractivity contribution in [3.05, 3.63) is 29.8 Å². The maximum atomic E-state index is 10.7. The van der Waals surface area contributed by atoms with Gasteiger partial charge in [0.2, 0.25) is 0 Å². The Balaban J connectivity index is 1.42. The number of nitrogens with one attached hydrogen (secondary N) is 1. The SMILES string of the molecule is CCCSc1nc(NC2CC2c2ccc(OC)cc2)c2nnn(C3CC(CCO)C(O)C3O)c2n1. The van der Waals surface area contributed by atoms with E-state index in [9.17, 15) is 15.3 Å². The van der Waals surface area contributed by atoms with Crippen LogP contribution in [0.4, 0.5) is 5.82 Å². The standard InChI is InChI=1S/C24H32N6O4S/c1-3-10-35-24-26-22(25-17-12-16(17)13-4-6-15(34-2)7-5-13)19-23(27-24)30(29-28-19)18-11-14(8-9-31)20(32)21(18)33/h4-7,14,16-18,20-21,31-33H,3,8-12H2,1-2H3,(H,25,26,27). The fourth-order valence-corrected chi connectivity index (χ4v) is 5.63. The zero-order valence-corrected chi connectivity index (χ0v) is 20.7. The highest BCUT2D eigenvalue weighted by Crippen LogP contribution is 2.44. The molecular formula is C24H32N6O4S. The number of aliphatic hydroxyl groups is 3. The number of fused-ring (bicyclic) bond motifs is 1. The Kier molecular flexibility index (Phi) is 7.10. The van der Waals surface area contributed by atoms with Crippen molar-refractivity contribution in [2.45, 2.75) is 68.0 Å². The fraction of sp³-hybridized carbons (Fsp3) is 0.583. The van der Waals surface area contributed by atoms with E-state index in [4.69, 9.17) is 14.7 Å². The van der Waals surface area contributed by atoms with Gasteiger partial charge in [-0.1, -0.05) is 36.0 Å². The Bertz CT molecular complexity index is 1160. The molecule has 35 heavy (non-hydrogen) atoms. The first-order chi connectivity index (χ1) is 17.0. The van der Waals surface area contributed by atoms with Gasteiger partial charge in [0.1, 0.15) is 11.9 Å². The average Bonchev–Trinajstić information content (AvgIpc) is 3.42. The minimum absolute atomic E-state index is 0.0376. The van der Waals surface area contributed by atoms with Crippen molar-refractivity contribution in [3.8, 4) is 5.75 Å². The summed E-state index contributed by atoms with van der Waals surface area (Å²) in [6.07, 6.45) is 0.974. The van der Waals surface area contributed by atoms with Crippen LogP contribution in [-0.4, -0.2) is 78.0 Å². The second-order valence-corrected chi connectivity index (χ2v) is 10.4. The van der Waals surface area contributed by atoms with Crippen LogP contribution in [0.1, 0.15) is 50.1 Å². The number of hydrogen-bond donors (Lipinski definition) is 4. The number of nitrogens with zero attached hydrogens (tertiary/aromatic N) is 5. The molecular weight excluding hydrogens is 468 g/mol. The lowest BCUT2D eigenvalue weighted by Gasteiger charge is -2.17. The van der Waals surface area contributed by atoms with E-state index in [1.165, 1.54) is 5.56 Å². The molecule has 2 aliphatic rings. The van der Waals surface area contributed by atoms with Crippen molar-refractivity contribution in [1.82, 2.24) is 25.0 Å². The zero-order chi connectivity index (χ0) is 24.5. The Morgan fingerprint density at radius 2 is 1.94 bits per heavy atom. The molecule has 11 heteroatoms. The van der Waals surface area contributed by atoms with E-state index >= 15 is 0 Å². The largest absolute Gasteiger partial charge is 0.497 e. The number of methoxy groups -OCH3 is 1. The predicted octanol–water partition coefficient (Wildman–Crippen LogP) is 2.37. The van der Waals surface area contributed by atoms with E-state index in [0.717, 1.165) is 24.3 Å². The van der Waals surface area contributed by atoms with Crippen LogP contribution in [0.25, 0.3) is 11.2 Å². The van der Waals surface area contributed by atoms with Crippen molar-refractivity contribution in [2.24, 2.45) is 5.92 Å². The lowest BCUT2D eigenvalue weighted by Crippen LogP contribution is -2.30. The molecule has 0 amide bonds. The summed E-state index contributed by atoms with van der Waals surface area (Å²) >= 11 is 1.57. The summed E-state index contributed by atoms with van der Waals surface area (Å²) in [6.45, 7) is 2.07. The molecule has 0 spiro atoms. The summed E-state index contributed by atoms with van der Waals surface area (Å²) < 4.78 is 6.89. The third-order valence-electron chi connectivity index (χ3n) is 6.98. The minimum atomic E-state index is -1.00. The molecule has 0 bridgehead atoms. The molecule has 0 saturated heterocycles. The number of aliphatic hydroxyl groups excluding tert-OH is 3. The molecule has 6 unspecified atom stereocenters. The van der Waals surface area contributed by atoms with E-state index in [0.29, 0.717) is 40.9 Å². The van der Waals surface area contributed by atoms with E-state index < -0.39 is 18.2 Å². The van der Waals surface area contributed by atoms with Gasteiger partial charge in [0.15, 0.2) is 22.1 Å². The molecule has 2 heterocycles. The Labute approximate surface area is 208 Å². The lowest BCUT2D eigenvalue weighted by molar-refractivity contribution is 0.00107. The van der Waals surface area contributed by atoms with E-state index in [1.54, 1.807) is 23.6 Å². The highest BCUT2D eigenvalue weighted by molar-refractivity contribution is 7.99. The molecule has 10 nitrogen and oxygen atoms in total. The molecule has 5 rings (SSSR count). The van der Waals surface area contributed by atoms with E-state index in [-0.39, 0.29) is 18.6 Å². The summed E-state index contributed by atoms with van der Waals surface area (Å²) in [5, 5.41) is 43.4. The summed E-state index contributed by atoms with van der Waals surface area (Å²) in [5.41, 5.74) is 2.35. The number of aromatic nitrogens is 5. The van der Waals surface area contributed by atoms with Gasteiger partial charge in [0.25, 0.3) is 0 Å². The Morgan fingerprint density at radius 3 is 2.66 bits per heavy atom. The number of ether oxygens (including phenoxy) is 1. The number of hydrogen-bond acceptors (Lipinski definition) is 10. The first-order valence-corrected chi connectivity index (χ1v) is 13.2. The third-order valence-corrected chi connectivity index (χ3v) is 8.03. The monoisotopic (exact) mass is 500 g/mol. The number of rotatable bonds is 10. The van der Waals surface area contributed by atoms with Crippen molar-refractivity contribution in [1.29, 1.82) is 0 Å².